The van der Waals surface area contributed by atoms with Gasteiger partial charge >= 0.3 is 6.36 Å². The van der Waals surface area contributed by atoms with Gasteiger partial charge in [0, 0.05) is 12.6 Å². The summed E-state index contributed by atoms with van der Waals surface area (Å²) in [6.07, 6.45) is -2.63. The third-order valence-electron chi connectivity index (χ3n) is 3.86. The monoisotopic (exact) mass is 360 g/mol. The minimum absolute atomic E-state index is 0. The summed E-state index contributed by atoms with van der Waals surface area (Å²) in [5.41, 5.74) is 7.23. The molecule has 0 amide bonds. The number of alkyl halides is 3. The number of hydrogen-bond donors (Lipinski definition) is 1. The third-order valence-corrected chi connectivity index (χ3v) is 3.86. The summed E-state index contributed by atoms with van der Waals surface area (Å²) in [5, 5.41) is 0. The summed E-state index contributed by atoms with van der Waals surface area (Å²) in [6, 6.07) is 7.95. The average Bonchev–Trinajstić information content (AvgIpc) is 2.48. The first-order valence-corrected chi connectivity index (χ1v) is 7.04. The second kappa shape index (κ2) is 6.49. The van der Waals surface area contributed by atoms with Crippen LogP contribution in [-0.4, -0.2) is 18.0 Å². The standard InChI is InChI=1S/C16H15F3N2O2.ClH/c1-10-9-11(4-5-12(10)23-16(17,18)19)15(20)6-8-22-13-3-2-7-21-14(13)15;/h2-5,7,9H,6,8,20H2,1H3;1H/t15-;/m0./s1. The molecule has 130 valence electrons. The van der Waals surface area contributed by atoms with E-state index >= 15 is 0 Å². The highest BCUT2D eigenvalue weighted by atomic mass is 35.5. The molecule has 2 N–H and O–H groups in total. The molecule has 0 aliphatic carbocycles. The lowest BCUT2D eigenvalue weighted by atomic mass is 9.82. The first-order chi connectivity index (χ1) is 10.8. The molecule has 3 rings (SSSR count). The number of aromatic nitrogens is 1. The fraction of sp³-hybridized carbons (Fsp3) is 0.312. The Morgan fingerprint density at radius 1 is 1.29 bits per heavy atom. The summed E-state index contributed by atoms with van der Waals surface area (Å²) in [7, 11) is 0. The first-order valence-electron chi connectivity index (χ1n) is 7.04. The van der Waals surface area contributed by atoms with Gasteiger partial charge in [-0.1, -0.05) is 12.1 Å². The summed E-state index contributed by atoms with van der Waals surface area (Å²) in [4.78, 5) is 4.30. The second-order valence-electron chi connectivity index (χ2n) is 5.45. The third kappa shape index (κ3) is 3.42. The largest absolute Gasteiger partial charge is 0.573 e. The van der Waals surface area contributed by atoms with Crippen LogP contribution in [0, 0.1) is 6.92 Å². The topological polar surface area (TPSA) is 57.4 Å². The predicted octanol–water partition coefficient (Wildman–Crippen LogP) is 3.70. The Hall–Kier alpha value is -1.99. The summed E-state index contributed by atoms with van der Waals surface area (Å²) in [5.74, 6) is 0.354. The van der Waals surface area contributed by atoms with Gasteiger partial charge in [-0.25, -0.2) is 0 Å². The van der Waals surface area contributed by atoms with E-state index in [0.717, 1.165) is 0 Å². The number of hydrogen-bond acceptors (Lipinski definition) is 4. The van der Waals surface area contributed by atoms with Gasteiger partial charge in [0.25, 0.3) is 0 Å². The van der Waals surface area contributed by atoms with Crippen molar-refractivity contribution in [3.63, 3.8) is 0 Å². The SMILES string of the molecule is Cc1cc([C@@]2(N)CCOc3cccnc32)ccc1OC(F)(F)F.Cl. The average molecular weight is 361 g/mol. The molecule has 0 saturated carbocycles. The zero-order valence-electron chi connectivity index (χ0n) is 12.8. The Morgan fingerprint density at radius 3 is 2.71 bits per heavy atom. The van der Waals surface area contributed by atoms with Gasteiger partial charge in [0.2, 0.25) is 0 Å². The lowest BCUT2D eigenvalue weighted by Crippen LogP contribution is -2.43. The van der Waals surface area contributed by atoms with Crippen LogP contribution >= 0.6 is 12.4 Å². The summed E-state index contributed by atoms with van der Waals surface area (Å²) >= 11 is 0. The maximum atomic E-state index is 12.4. The Balaban J connectivity index is 0.00000208. The number of aryl methyl sites for hydroxylation is 1. The molecule has 2 aromatic rings. The van der Waals surface area contributed by atoms with Crippen LogP contribution in [0.4, 0.5) is 13.2 Å². The van der Waals surface area contributed by atoms with Gasteiger partial charge in [0.05, 0.1) is 12.1 Å². The molecule has 4 nitrogen and oxygen atoms in total. The van der Waals surface area contributed by atoms with Gasteiger partial charge < -0.3 is 15.2 Å². The van der Waals surface area contributed by atoms with Crippen molar-refractivity contribution < 1.29 is 22.6 Å². The van der Waals surface area contributed by atoms with Crippen LogP contribution in [0.25, 0.3) is 0 Å². The van der Waals surface area contributed by atoms with Crippen LogP contribution < -0.4 is 15.2 Å². The quantitative estimate of drug-likeness (QED) is 0.887. The minimum atomic E-state index is -4.72. The number of benzene rings is 1. The first kappa shape index (κ1) is 18.4. The molecule has 1 atom stereocenters. The highest BCUT2D eigenvalue weighted by Crippen LogP contribution is 2.39. The lowest BCUT2D eigenvalue weighted by molar-refractivity contribution is -0.274. The maximum absolute atomic E-state index is 12.4. The fourth-order valence-electron chi connectivity index (χ4n) is 2.73. The summed E-state index contributed by atoms with van der Waals surface area (Å²) in [6.45, 7) is 1.96. The smallest absolute Gasteiger partial charge is 0.491 e. The van der Waals surface area contributed by atoms with Crippen molar-refractivity contribution >= 4 is 12.4 Å². The number of fused-ring (bicyclic) bond motifs is 1. The number of ether oxygens (including phenoxy) is 2. The molecule has 2 heterocycles. The van der Waals surface area contributed by atoms with Gasteiger partial charge in [0.15, 0.2) is 0 Å². The number of rotatable bonds is 2. The van der Waals surface area contributed by atoms with Crippen molar-refractivity contribution in [3.05, 3.63) is 53.3 Å². The van der Waals surface area contributed by atoms with Crippen LogP contribution in [-0.2, 0) is 5.54 Å². The molecule has 24 heavy (non-hydrogen) atoms. The summed E-state index contributed by atoms with van der Waals surface area (Å²) < 4.78 is 46.7. The molecular formula is C16H16ClF3N2O2. The van der Waals surface area contributed by atoms with E-state index in [4.69, 9.17) is 10.5 Å². The van der Waals surface area contributed by atoms with E-state index in [0.29, 0.717) is 35.6 Å². The van der Waals surface area contributed by atoms with E-state index in [1.54, 1.807) is 31.3 Å². The Bertz CT molecular complexity index is 740. The molecule has 0 fully saturated rings. The van der Waals surface area contributed by atoms with Crippen LogP contribution in [0.15, 0.2) is 36.5 Å². The molecule has 8 heteroatoms. The minimum Gasteiger partial charge on any atom is -0.491 e. The fourth-order valence-corrected chi connectivity index (χ4v) is 2.73. The van der Waals surface area contributed by atoms with Crippen molar-refractivity contribution in [2.24, 2.45) is 5.73 Å². The highest BCUT2D eigenvalue weighted by Gasteiger charge is 2.38. The maximum Gasteiger partial charge on any atom is 0.573 e. The van der Waals surface area contributed by atoms with Crippen LogP contribution in [0.1, 0.15) is 23.2 Å². The van der Waals surface area contributed by atoms with E-state index in [1.165, 1.54) is 12.1 Å². The van der Waals surface area contributed by atoms with E-state index in [-0.39, 0.29) is 18.2 Å². The van der Waals surface area contributed by atoms with E-state index < -0.39 is 11.9 Å². The van der Waals surface area contributed by atoms with Crippen LogP contribution in [0.5, 0.6) is 11.5 Å². The van der Waals surface area contributed by atoms with Crippen molar-refractivity contribution in [1.29, 1.82) is 0 Å². The predicted molar refractivity (Wildman–Crippen MR) is 84.4 cm³/mol. The molecule has 0 bridgehead atoms. The van der Waals surface area contributed by atoms with Crippen LogP contribution in [0.3, 0.4) is 0 Å². The van der Waals surface area contributed by atoms with Gasteiger partial charge in [-0.15, -0.1) is 25.6 Å². The van der Waals surface area contributed by atoms with Crippen LogP contribution in [0.2, 0.25) is 0 Å². The zero-order valence-corrected chi connectivity index (χ0v) is 13.6. The molecule has 0 unspecified atom stereocenters. The molecule has 1 aliphatic rings. The van der Waals surface area contributed by atoms with E-state index in [9.17, 15) is 13.2 Å². The molecule has 1 aromatic carbocycles. The number of halogens is 4. The van der Waals surface area contributed by atoms with Crippen molar-refractivity contribution in [1.82, 2.24) is 4.98 Å². The number of nitrogens with two attached hydrogens (primary N) is 1. The Morgan fingerprint density at radius 2 is 2.04 bits per heavy atom. The number of pyridine rings is 1. The van der Waals surface area contributed by atoms with Crippen molar-refractivity contribution in [2.75, 3.05) is 6.61 Å². The van der Waals surface area contributed by atoms with Crippen molar-refractivity contribution in [3.8, 4) is 11.5 Å². The van der Waals surface area contributed by atoms with Gasteiger partial charge in [0.1, 0.15) is 17.2 Å². The van der Waals surface area contributed by atoms with Gasteiger partial charge in [-0.05, 0) is 36.2 Å². The van der Waals surface area contributed by atoms with Gasteiger partial charge in [-0.3, -0.25) is 4.98 Å². The normalized spacial score (nSPS) is 19.7. The molecular weight excluding hydrogens is 345 g/mol. The molecule has 1 aliphatic heterocycles. The molecule has 0 spiro atoms. The molecule has 0 saturated heterocycles. The van der Waals surface area contributed by atoms with E-state index in [2.05, 4.69) is 9.72 Å². The van der Waals surface area contributed by atoms with Gasteiger partial charge in [-0.2, -0.15) is 0 Å². The number of nitrogens with zero attached hydrogens (tertiary/aromatic N) is 1. The lowest BCUT2D eigenvalue weighted by Gasteiger charge is -2.35. The zero-order chi connectivity index (χ0) is 16.7. The molecule has 1 aromatic heterocycles. The Labute approximate surface area is 143 Å². The highest BCUT2D eigenvalue weighted by molar-refractivity contribution is 5.85. The van der Waals surface area contributed by atoms with Crippen molar-refractivity contribution in [2.45, 2.75) is 25.2 Å². The van der Waals surface area contributed by atoms with E-state index in [1.807, 2.05) is 0 Å². The second-order valence-corrected chi connectivity index (χ2v) is 5.45. The molecule has 0 radical (unpaired) electrons. The Kier molecular flexibility index (Phi) is 4.96.